The van der Waals surface area contributed by atoms with Crippen molar-refractivity contribution in [1.29, 1.82) is 0 Å². The van der Waals surface area contributed by atoms with Crippen LogP contribution >= 0.6 is 0 Å². The molecule has 0 spiro atoms. The molecule has 4 rings (SSSR count). The predicted molar refractivity (Wildman–Crippen MR) is 106 cm³/mol. The van der Waals surface area contributed by atoms with Crippen molar-refractivity contribution in [3.05, 3.63) is 59.4 Å². The number of hydrogen-bond donors (Lipinski definition) is 0. The molecule has 27 heavy (non-hydrogen) atoms. The van der Waals surface area contributed by atoms with Crippen LogP contribution in [0, 0.1) is 6.92 Å². The number of rotatable bonds is 6. The molecule has 5 nitrogen and oxygen atoms in total. The lowest BCUT2D eigenvalue weighted by Crippen LogP contribution is -2.49. The van der Waals surface area contributed by atoms with Crippen LogP contribution in [0.1, 0.15) is 23.4 Å². The number of hydrogen-bond acceptors (Lipinski definition) is 5. The Labute approximate surface area is 161 Å². The summed E-state index contributed by atoms with van der Waals surface area (Å²) >= 11 is 0. The van der Waals surface area contributed by atoms with Crippen LogP contribution in [0.3, 0.4) is 0 Å². The summed E-state index contributed by atoms with van der Waals surface area (Å²) in [5.74, 6) is 0.919. The van der Waals surface area contributed by atoms with E-state index in [9.17, 15) is 0 Å². The fourth-order valence-electron chi connectivity index (χ4n) is 4.20. The molecule has 2 saturated heterocycles. The largest absolute Gasteiger partial charge is 0.497 e. The molecule has 144 valence electrons. The first-order valence-corrected chi connectivity index (χ1v) is 9.83. The highest BCUT2D eigenvalue weighted by molar-refractivity contribution is 5.27. The van der Waals surface area contributed by atoms with E-state index in [2.05, 4.69) is 33.0 Å². The van der Waals surface area contributed by atoms with Crippen molar-refractivity contribution < 1.29 is 9.47 Å². The molecule has 0 saturated carbocycles. The number of nitrogens with zero attached hydrogens (tertiary/aromatic N) is 3. The maximum absolute atomic E-state index is 6.18. The van der Waals surface area contributed by atoms with Crippen molar-refractivity contribution in [2.24, 2.45) is 0 Å². The van der Waals surface area contributed by atoms with Gasteiger partial charge in [-0.3, -0.25) is 14.8 Å². The van der Waals surface area contributed by atoms with Crippen LogP contribution in [0.15, 0.2) is 42.5 Å². The molecule has 0 radical (unpaired) electrons. The Morgan fingerprint density at radius 1 is 1.07 bits per heavy atom. The zero-order chi connectivity index (χ0) is 18.6. The molecule has 2 atom stereocenters. The quantitative estimate of drug-likeness (QED) is 0.785. The second kappa shape index (κ2) is 8.38. The van der Waals surface area contributed by atoms with Crippen LogP contribution in [0.2, 0.25) is 0 Å². The number of pyridine rings is 1. The van der Waals surface area contributed by atoms with E-state index in [0.717, 1.165) is 56.3 Å². The second-order valence-corrected chi connectivity index (χ2v) is 7.67. The zero-order valence-corrected chi connectivity index (χ0v) is 16.3. The fraction of sp³-hybridized carbons (Fsp3) is 0.500. The lowest BCUT2D eigenvalue weighted by molar-refractivity contribution is 0.0439. The Balaban J connectivity index is 1.27. The molecule has 0 bridgehead atoms. The van der Waals surface area contributed by atoms with E-state index in [4.69, 9.17) is 9.47 Å². The minimum Gasteiger partial charge on any atom is -0.497 e. The van der Waals surface area contributed by atoms with Crippen LogP contribution in [-0.2, 0) is 17.9 Å². The topological polar surface area (TPSA) is 37.8 Å². The van der Waals surface area contributed by atoms with Crippen molar-refractivity contribution >= 4 is 0 Å². The van der Waals surface area contributed by atoms with Crippen LogP contribution in [0.5, 0.6) is 5.75 Å². The summed E-state index contributed by atoms with van der Waals surface area (Å²) in [5, 5.41) is 0. The highest BCUT2D eigenvalue weighted by atomic mass is 16.5. The normalized spacial score (nSPS) is 23.3. The van der Waals surface area contributed by atoms with Crippen LogP contribution in [0.25, 0.3) is 0 Å². The summed E-state index contributed by atoms with van der Waals surface area (Å²) in [7, 11) is 1.71. The van der Waals surface area contributed by atoms with Gasteiger partial charge in [0.1, 0.15) is 5.75 Å². The van der Waals surface area contributed by atoms with Crippen molar-refractivity contribution in [1.82, 2.24) is 14.8 Å². The summed E-state index contributed by atoms with van der Waals surface area (Å²) in [6, 6.07) is 15.2. The van der Waals surface area contributed by atoms with E-state index in [1.807, 2.05) is 31.2 Å². The summed E-state index contributed by atoms with van der Waals surface area (Å²) in [6.07, 6.45) is 1.43. The van der Waals surface area contributed by atoms with Gasteiger partial charge in [0.2, 0.25) is 0 Å². The highest BCUT2D eigenvalue weighted by Gasteiger charge is 2.36. The van der Waals surface area contributed by atoms with E-state index >= 15 is 0 Å². The molecule has 2 aliphatic heterocycles. The third-order valence-corrected chi connectivity index (χ3v) is 5.64. The van der Waals surface area contributed by atoms with Gasteiger partial charge in [-0.1, -0.05) is 18.2 Å². The average Bonchev–Trinajstić information content (AvgIpc) is 3.09. The Morgan fingerprint density at radius 3 is 2.70 bits per heavy atom. The minimum absolute atomic E-state index is 0.318. The number of benzene rings is 1. The van der Waals surface area contributed by atoms with E-state index in [1.54, 1.807) is 7.11 Å². The van der Waals surface area contributed by atoms with E-state index in [1.165, 1.54) is 5.56 Å². The fourth-order valence-corrected chi connectivity index (χ4v) is 4.20. The molecule has 1 aromatic carbocycles. The monoisotopic (exact) mass is 367 g/mol. The third-order valence-electron chi connectivity index (χ3n) is 5.64. The maximum Gasteiger partial charge on any atom is 0.118 e. The molecular formula is C22H29N3O2. The van der Waals surface area contributed by atoms with Gasteiger partial charge < -0.3 is 9.47 Å². The minimum atomic E-state index is 0.318. The molecule has 2 aromatic rings. The van der Waals surface area contributed by atoms with E-state index in [-0.39, 0.29) is 0 Å². The maximum atomic E-state index is 6.18. The van der Waals surface area contributed by atoms with Gasteiger partial charge in [-0.25, -0.2) is 0 Å². The Hall–Kier alpha value is -1.95. The number of fused-ring (bicyclic) bond motifs is 1. The Kier molecular flexibility index (Phi) is 5.72. The molecule has 2 fully saturated rings. The third kappa shape index (κ3) is 4.67. The Bertz CT molecular complexity index is 749. The lowest BCUT2D eigenvalue weighted by atomic mass is 10.1. The molecule has 0 aliphatic carbocycles. The van der Waals surface area contributed by atoms with Crippen molar-refractivity contribution in [2.75, 3.05) is 33.3 Å². The Morgan fingerprint density at radius 2 is 1.93 bits per heavy atom. The standard InChI is InChI=1S/C22H29N3O2/c1-17-4-3-5-19(23-17)16-27-22-12-20-14-24(10-11-25(20)15-22)13-18-6-8-21(26-2)9-7-18/h3-9,20,22H,10-16H2,1-2H3/t20-,22+/m0/s1. The molecule has 0 amide bonds. The highest BCUT2D eigenvalue weighted by Crippen LogP contribution is 2.26. The summed E-state index contributed by atoms with van der Waals surface area (Å²) in [4.78, 5) is 9.70. The van der Waals surface area contributed by atoms with Gasteiger partial charge in [-0.15, -0.1) is 0 Å². The number of ether oxygens (including phenoxy) is 2. The van der Waals surface area contributed by atoms with Gasteiger partial charge in [-0.05, 0) is 43.2 Å². The lowest BCUT2D eigenvalue weighted by Gasteiger charge is -2.37. The number of methoxy groups -OCH3 is 1. The SMILES string of the molecule is COc1ccc(CN2CCN3C[C@H](OCc4cccc(C)n4)C[C@H]3C2)cc1. The summed E-state index contributed by atoms with van der Waals surface area (Å²) < 4.78 is 11.4. The number of piperazine rings is 1. The first-order valence-electron chi connectivity index (χ1n) is 9.83. The van der Waals surface area contributed by atoms with Gasteiger partial charge in [0, 0.05) is 44.5 Å². The molecular weight excluding hydrogens is 338 g/mol. The first-order chi connectivity index (χ1) is 13.2. The average molecular weight is 367 g/mol. The van der Waals surface area contributed by atoms with Gasteiger partial charge in [0.25, 0.3) is 0 Å². The molecule has 2 aliphatic rings. The van der Waals surface area contributed by atoms with Crippen LogP contribution < -0.4 is 4.74 Å². The van der Waals surface area contributed by atoms with Gasteiger partial charge in [0.05, 0.1) is 25.5 Å². The molecule has 3 heterocycles. The number of aryl methyl sites for hydroxylation is 1. The van der Waals surface area contributed by atoms with E-state index < -0.39 is 0 Å². The zero-order valence-electron chi connectivity index (χ0n) is 16.3. The first kappa shape index (κ1) is 18.4. The van der Waals surface area contributed by atoms with Gasteiger partial charge >= 0.3 is 0 Å². The van der Waals surface area contributed by atoms with Gasteiger partial charge in [0.15, 0.2) is 0 Å². The van der Waals surface area contributed by atoms with Crippen molar-refractivity contribution in [3.63, 3.8) is 0 Å². The van der Waals surface area contributed by atoms with Crippen molar-refractivity contribution in [2.45, 2.75) is 38.6 Å². The van der Waals surface area contributed by atoms with Crippen LogP contribution in [0.4, 0.5) is 0 Å². The number of aromatic nitrogens is 1. The van der Waals surface area contributed by atoms with E-state index in [0.29, 0.717) is 18.8 Å². The molecule has 0 unspecified atom stereocenters. The summed E-state index contributed by atoms with van der Waals surface area (Å²) in [5.41, 5.74) is 3.43. The van der Waals surface area contributed by atoms with Gasteiger partial charge in [-0.2, -0.15) is 0 Å². The molecule has 1 aromatic heterocycles. The smallest absolute Gasteiger partial charge is 0.118 e. The summed E-state index contributed by atoms with van der Waals surface area (Å²) in [6.45, 7) is 8.06. The van der Waals surface area contributed by atoms with Crippen LogP contribution in [-0.4, -0.2) is 60.2 Å². The van der Waals surface area contributed by atoms with Crippen molar-refractivity contribution in [3.8, 4) is 5.75 Å². The second-order valence-electron chi connectivity index (χ2n) is 7.67. The molecule has 0 N–H and O–H groups in total. The molecule has 5 heteroatoms. The predicted octanol–water partition coefficient (Wildman–Crippen LogP) is 2.87.